The summed E-state index contributed by atoms with van der Waals surface area (Å²) in [6, 6.07) is 1.38. The molecule has 3 nitrogen and oxygen atoms in total. The second-order valence-electron chi connectivity index (χ2n) is 5.18. The highest BCUT2D eigenvalue weighted by molar-refractivity contribution is 5.94. The Balaban J connectivity index is 2.66. The van der Waals surface area contributed by atoms with Crippen molar-refractivity contribution in [3.8, 4) is 0 Å². The predicted octanol–water partition coefficient (Wildman–Crippen LogP) is 2.63. The zero-order chi connectivity index (χ0) is 13.1. The second-order valence-corrected chi connectivity index (χ2v) is 5.18. The van der Waals surface area contributed by atoms with Crippen molar-refractivity contribution in [1.29, 1.82) is 0 Å². The molecule has 1 N–H and O–H groups in total. The highest BCUT2D eigenvalue weighted by atomic mass is 19.1. The standard InChI is InChI=1S/C13H19FN2O/c1-9(2)13(3,4)8-16-12(17)10-5-6-15-7-11(10)14/h5-7,9H,8H2,1-4H3,(H,16,17). The number of carbonyl (C=O) groups is 1. The van der Waals surface area contributed by atoms with Crippen LogP contribution in [0.4, 0.5) is 4.39 Å². The lowest BCUT2D eigenvalue weighted by Gasteiger charge is -2.29. The van der Waals surface area contributed by atoms with Gasteiger partial charge in [-0.05, 0) is 17.4 Å². The number of nitrogens with zero attached hydrogens (tertiary/aromatic N) is 1. The van der Waals surface area contributed by atoms with Crippen molar-refractivity contribution in [2.75, 3.05) is 6.54 Å². The van der Waals surface area contributed by atoms with Crippen LogP contribution >= 0.6 is 0 Å². The van der Waals surface area contributed by atoms with Gasteiger partial charge in [0.2, 0.25) is 0 Å². The van der Waals surface area contributed by atoms with Crippen LogP contribution in [0, 0.1) is 17.2 Å². The minimum absolute atomic E-state index is 0.0147. The molecular weight excluding hydrogens is 219 g/mol. The van der Waals surface area contributed by atoms with E-state index in [1.54, 1.807) is 0 Å². The molecule has 0 aliphatic rings. The Bertz CT molecular complexity index is 402. The number of hydrogen-bond acceptors (Lipinski definition) is 2. The topological polar surface area (TPSA) is 42.0 Å². The summed E-state index contributed by atoms with van der Waals surface area (Å²) >= 11 is 0. The van der Waals surface area contributed by atoms with Gasteiger partial charge in [0.05, 0.1) is 11.8 Å². The molecule has 0 atom stereocenters. The first-order valence-corrected chi connectivity index (χ1v) is 5.72. The van der Waals surface area contributed by atoms with Crippen molar-refractivity contribution in [2.24, 2.45) is 11.3 Å². The molecule has 1 rings (SSSR count). The molecule has 0 bridgehead atoms. The molecule has 0 spiro atoms. The third kappa shape index (κ3) is 3.51. The second kappa shape index (κ2) is 5.25. The van der Waals surface area contributed by atoms with E-state index < -0.39 is 11.7 Å². The largest absolute Gasteiger partial charge is 0.351 e. The van der Waals surface area contributed by atoms with Gasteiger partial charge in [0, 0.05) is 12.7 Å². The lowest BCUT2D eigenvalue weighted by Crippen LogP contribution is -2.37. The molecule has 1 aromatic heterocycles. The van der Waals surface area contributed by atoms with E-state index in [9.17, 15) is 9.18 Å². The van der Waals surface area contributed by atoms with Crippen LogP contribution < -0.4 is 5.32 Å². The van der Waals surface area contributed by atoms with Crippen LogP contribution in [0.1, 0.15) is 38.1 Å². The average molecular weight is 238 g/mol. The van der Waals surface area contributed by atoms with E-state index >= 15 is 0 Å². The van der Waals surface area contributed by atoms with Gasteiger partial charge in [0.25, 0.3) is 5.91 Å². The minimum atomic E-state index is -0.590. The summed E-state index contributed by atoms with van der Waals surface area (Å²) in [5.74, 6) is -0.545. The molecule has 0 aromatic carbocycles. The average Bonchev–Trinajstić information content (AvgIpc) is 2.26. The van der Waals surface area contributed by atoms with Crippen molar-refractivity contribution in [3.63, 3.8) is 0 Å². The van der Waals surface area contributed by atoms with Crippen LogP contribution in [0.25, 0.3) is 0 Å². The number of nitrogens with one attached hydrogen (secondary N) is 1. The third-order valence-electron chi connectivity index (χ3n) is 3.28. The molecule has 0 aliphatic carbocycles. The van der Waals surface area contributed by atoms with Crippen molar-refractivity contribution in [2.45, 2.75) is 27.7 Å². The van der Waals surface area contributed by atoms with E-state index in [2.05, 4.69) is 38.0 Å². The fraction of sp³-hybridized carbons (Fsp3) is 0.538. The molecule has 0 saturated carbocycles. The summed E-state index contributed by atoms with van der Waals surface area (Å²) in [6.07, 6.45) is 2.45. The number of halogens is 1. The third-order valence-corrected chi connectivity index (χ3v) is 3.28. The smallest absolute Gasteiger partial charge is 0.254 e. The van der Waals surface area contributed by atoms with Gasteiger partial charge in [-0.15, -0.1) is 0 Å². The highest BCUT2D eigenvalue weighted by Crippen LogP contribution is 2.24. The van der Waals surface area contributed by atoms with Crippen molar-refractivity contribution in [1.82, 2.24) is 10.3 Å². The van der Waals surface area contributed by atoms with Crippen molar-refractivity contribution >= 4 is 5.91 Å². The molecular formula is C13H19FN2O. The molecule has 17 heavy (non-hydrogen) atoms. The summed E-state index contributed by atoms with van der Waals surface area (Å²) < 4.78 is 13.3. The van der Waals surface area contributed by atoms with Crippen LogP contribution in [0.3, 0.4) is 0 Å². The minimum Gasteiger partial charge on any atom is -0.351 e. The Morgan fingerprint density at radius 2 is 2.18 bits per heavy atom. The first kappa shape index (κ1) is 13.6. The maximum atomic E-state index is 13.3. The molecule has 0 saturated heterocycles. The Hall–Kier alpha value is -1.45. The Kier molecular flexibility index (Phi) is 4.21. The van der Waals surface area contributed by atoms with E-state index in [0.29, 0.717) is 12.5 Å². The van der Waals surface area contributed by atoms with Gasteiger partial charge in [-0.3, -0.25) is 9.78 Å². The number of rotatable bonds is 4. The molecule has 0 unspecified atom stereocenters. The molecule has 4 heteroatoms. The molecule has 0 aliphatic heterocycles. The van der Waals surface area contributed by atoms with Gasteiger partial charge in [0.15, 0.2) is 5.82 Å². The summed E-state index contributed by atoms with van der Waals surface area (Å²) in [4.78, 5) is 15.4. The van der Waals surface area contributed by atoms with Crippen LogP contribution in [0.5, 0.6) is 0 Å². The molecule has 1 heterocycles. The SMILES string of the molecule is CC(C)C(C)(C)CNC(=O)c1ccncc1F. The monoisotopic (exact) mass is 238 g/mol. The molecule has 1 amide bonds. The quantitative estimate of drug-likeness (QED) is 0.876. The fourth-order valence-electron chi connectivity index (χ4n) is 1.17. The summed E-state index contributed by atoms with van der Waals surface area (Å²) in [6.45, 7) is 8.85. The Morgan fingerprint density at radius 3 is 2.71 bits per heavy atom. The van der Waals surface area contributed by atoms with Gasteiger partial charge < -0.3 is 5.32 Å². The zero-order valence-corrected chi connectivity index (χ0v) is 10.7. The molecule has 1 aromatic rings. The number of hydrogen-bond donors (Lipinski definition) is 1. The zero-order valence-electron chi connectivity index (χ0n) is 10.7. The fourth-order valence-corrected chi connectivity index (χ4v) is 1.17. The maximum Gasteiger partial charge on any atom is 0.254 e. The van der Waals surface area contributed by atoms with E-state index in [4.69, 9.17) is 0 Å². The lowest BCUT2D eigenvalue weighted by atomic mass is 9.81. The van der Waals surface area contributed by atoms with E-state index in [0.717, 1.165) is 6.20 Å². The van der Waals surface area contributed by atoms with Crippen molar-refractivity contribution in [3.05, 3.63) is 29.8 Å². The first-order chi connectivity index (χ1) is 7.84. The number of pyridine rings is 1. The van der Waals surface area contributed by atoms with Crippen LogP contribution in [-0.2, 0) is 0 Å². The first-order valence-electron chi connectivity index (χ1n) is 5.72. The van der Waals surface area contributed by atoms with Gasteiger partial charge in [-0.2, -0.15) is 0 Å². The van der Waals surface area contributed by atoms with E-state index in [-0.39, 0.29) is 11.0 Å². The molecule has 94 valence electrons. The van der Waals surface area contributed by atoms with Gasteiger partial charge >= 0.3 is 0 Å². The number of aromatic nitrogens is 1. The molecule has 0 fully saturated rings. The normalized spacial score (nSPS) is 11.6. The highest BCUT2D eigenvalue weighted by Gasteiger charge is 2.23. The van der Waals surface area contributed by atoms with E-state index in [1.807, 2.05) is 0 Å². The van der Waals surface area contributed by atoms with Crippen LogP contribution in [0.15, 0.2) is 18.5 Å². The number of carbonyl (C=O) groups excluding carboxylic acids is 1. The summed E-state index contributed by atoms with van der Waals surface area (Å²) in [5, 5.41) is 2.75. The number of amides is 1. The van der Waals surface area contributed by atoms with E-state index in [1.165, 1.54) is 12.3 Å². The van der Waals surface area contributed by atoms with Gasteiger partial charge in [-0.1, -0.05) is 27.7 Å². The predicted molar refractivity (Wildman–Crippen MR) is 65.1 cm³/mol. The summed E-state index contributed by atoms with van der Waals surface area (Å²) in [5.41, 5.74) is 0.0265. The lowest BCUT2D eigenvalue weighted by molar-refractivity contribution is 0.0920. The van der Waals surface area contributed by atoms with Gasteiger partial charge in [0.1, 0.15) is 0 Å². The molecule has 0 radical (unpaired) electrons. The van der Waals surface area contributed by atoms with Crippen molar-refractivity contribution < 1.29 is 9.18 Å². The Morgan fingerprint density at radius 1 is 1.53 bits per heavy atom. The Labute approximate surface area is 101 Å². The maximum absolute atomic E-state index is 13.3. The van der Waals surface area contributed by atoms with Crippen LogP contribution in [0.2, 0.25) is 0 Å². The van der Waals surface area contributed by atoms with Crippen LogP contribution in [-0.4, -0.2) is 17.4 Å². The van der Waals surface area contributed by atoms with Gasteiger partial charge in [-0.25, -0.2) is 4.39 Å². The summed E-state index contributed by atoms with van der Waals surface area (Å²) in [7, 11) is 0.